The van der Waals surface area contributed by atoms with Gasteiger partial charge < -0.3 is 15.9 Å². The molecule has 0 bridgehead atoms. The fourth-order valence-corrected chi connectivity index (χ4v) is 1.05. The Morgan fingerprint density at radius 3 is 2.62 bits per heavy atom. The van der Waals surface area contributed by atoms with Gasteiger partial charge in [-0.05, 0) is 25.1 Å². The van der Waals surface area contributed by atoms with Gasteiger partial charge in [0.05, 0.1) is 12.1 Å². The molecule has 0 aliphatic heterocycles. The molecule has 1 aromatic rings. The number of aliphatic hydroxyl groups excluding tert-OH is 1. The van der Waals surface area contributed by atoms with Crippen molar-refractivity contribution in [3.63, 3.8) is 0 Å². The van der Waals surface area contributed by atoms with Crippen molar-refractivity contribution in [1.29, 1.82) is 0 Å². The molecule has 0 fully saturated rings. The lowest BCUT2D eigenvalue weighted by molar-refractivity contribution is 0.162. The predicted molar refractivity (Wildman–Crippen MR) is 46.7 cm³/mol. The number of nitrogens with two attached hydrogens (primary N) is 1. The first-order valence-corrected chi connectivity index (χ1v) is 3.94. The number of hydrogen-bond donors (Lipinski definition) is 3. The molecule has 0 aromatic heterocycles. The van der Waals surface area contributed by atoms with E-state index in [9.17, 15) is 9.50 Å². The van der Waals surface area contributed by atoms with Crippen molar-refractivity contribution >= 4 is 0 Å². The maximum Gasteiger partial charge on any atom is 0.123 e. The minimum Gasteiger partial charge on any atom is -0.508 e. The van der Waals surface area contributed by atoms with Crippen LogP contribution in [-0.2, 0) is 0 Å². The number of rotatable bonds is 2. The number of halogens is 1. The van der Waals surface area contributed by atoms with Gasteiger partial charge >= 0.3 is 0 Å². The van der Waals surface area contributed by atoms with Crippen molar-refractivity contribution in [1.82, 2.24) is 0 Å². The normalized spacial score (nSPS) is 15.4. The number of hydrogen-bond acceptors (Lipinski definition) is 3. The summed E-state index contributed by atoms with van der Waals surface area (Å²) in [5, 5.41) is 18.4. The minimum atomic E-state index is -0.826. The molecule has 4 heteroatoms. The molecule has 0 saturated carbocycles. The zero-order valence-electron chi connectivity index (χ0n) is 7.24. The highest BCUT2D eigenvalue weighted by molar-refractivity contribution is 5.35. The Balaban J connectivity index is 3.05. The van der Waals surface area contributed by atoms with E-state index in [4.69, 9.17) is 10.8 Å². The van der Waals surface area contributed by atoms with E-state index >= 15 is 0 Å². The van der Waals surface area contributed by atoms with Crippen LogP contribution in [0.5, 0.6) is 5.75 Å². The number of phenols is 1. The van der Waals surface area contributed by atoms with Gasteiger partial charge in [0.25, 0.3) is 0 Å². The van der Waals surface area contributed by atoms with Gasteiger partial charge in [-0.3, -0.25) is 0 Å². The van der Waals surface area contributed by atoms with E-state index in [-0.39, 0.29) is 11.3 Å². The third-order valence-corrected chi connectivity index (χ3v) is 1.87. The molecule has 3 nitrogen and oxygen atoms in total. The Hall–Kier alpha value is -1.13. The summed E-state index contributed by atoms with van der Waals surface area (Å²) in [6.07, 6.45) is -0.826. The largest absolute Gasteiger partial charge is 0.508 e. The Bertz CT molecular complexity index is 302. The molecule has 2 atom stereocenters. The van der Waals surface area contributed by atoms with Crippen molar-refractivity contribution in [3.8, 4) is 5.75 Å². The van der Waals surface area contributed by atoms with E-state index in [0.29, 0.717) is 0 Å². The SMILES string of the molecule is CC(O)[C@H](N)c1cc(F)ccc1O. The average Bonchev–Trinajstić information content (AvgIpc) is 2.08. The molecule has 0 amide bonds. The van der Waals surface area contributed by atoms with Gasteiger partial charge in [0.15, 0.2) is 0 Å². The molecule has 0 aliphatic carbocycles. The van der Waals surface area contributed by atoms with Crippen LogP contribution in [0.15, 0.2) is 18.2 Å². The first kappa shape index (κ1) is 9.95. The number of benzene rings is 1. The van der Waals surface area contributed by atoms with Crippen LogP contribution in [0.3, 0.4) is 0 Å². The molecule has 0 heterocycles. The summed E-state index contributed by atoms with van der Waals surface area (Å²) in [6.45, 7) is 1.48. The lowest BCUT2D eigenvalue weighted by Crippen LogP contribution is -2.23. The Labute approximate surface area is 75.6 Å². The van der Waals surface area contributed by atoms with Crippen LogP contribution in [0.25, 0.3) is 0 Å². The molecule has 0 radical (unpaired) electrons. The third-order valence-electron chi connectivity index (χ3n) is 1.87. The second kappa shape index (κ2) is 3.72. The van der Waals surface area contributed by atoms with Crippen LogP contribution in [-0.4, -0.2) is 16.3 Å². The first-order valence-electron chi connectivity index (χ1n) is 3.94. The maximum atomic E-state index is 12.7. The molecule has 0 saturated heterocycles. The standard InChI is InChI=1S/C9H12FNO2/c1-5(12)9(11)7-4-6(10)2-3-8(7)13/h2-5,9,12-13H,11H2,1H3/t5?,9-/m0/s1. The average molecular weight is 185 g/mol. The van der Waals surface area contributed by atoms with E-state index in [0.717, 1.165) is 12.1 Å². The van der Waals surface area contributed by atoms with Gasteiger partial charge in [0.1, 0.15) is 11.6 Å². The van der Waals surface area contributed by atoms with Gasteiger partial charge in [-0.2, -0.15) is 0 Å². The van der Waals surface area contributed by atoms with E-state index in [1.165, 1.54) is 13.0 Å². The summed E-state index contributed by atoms with van der Waals surface area (Å²) in [5.41, 5.74) is 5.75. The second-order valence-electron chi connectivity index (χ2n) is 2.97. The highest BCUT2D eigenvalue weighted by atomic mass is 19.1. The van der Waals surface area contributed by atoms with Crippen LogP contribution >= 0.6 is 0 Å². The van der Waals surface area contributed by atoms with E-state index < -0.39 is 18.0 Å². The van der Waals surface area contributed by atoms with E-state index in [1.54, 1.807) is 0 Å². The minimum absolute atomic E-state index is 0.102. The number of phenolic OH excluding ortho intramolecular Hbond substituents is 1. The summed E-state index contributed by atoms with van der Waals surface area (Å²) < 4.78 is 12.7. The van der Waals surface area contributed by atoms with Crippen molar-refractivity contribution in [2.45, 2.75) is 19.1 Å². The summed E-state index contributed by atoms with van der Waals surface area (Å²) >= 11 is 0. The number of aromatic hydroxyl groups is 1. The Kier molecular flexibility index (Phi) is 2.85. The van der Waals surface area contributed by atoms with Crippen LogP contribution in [0, 0.1) is 5.82 Å². The topological polar surface area (TPSA) is 66.5 Å². The Morgan fingerprint density at radius 2 is 2.08 bits per heavy atom. The maximum absolute atomic E-state index is 12.7. The van der Waals surface area contributed by atoms with Crippen LogP contribution in [0.1, 0.15) is 18.5 Å². The van der Waals surface area contributed by atoms with Crippen LogP contribution in [0.2, 0.25) is 0 Å². The van der Waals surface area contributed by atoms with Gasteiger partial charge in [-0.25, -0.2) is 4.39 Å². The lowest BCUT2D eigenvalue weighted by atomic mass is 10.0. The highest BCUT2D eigenvalue weighted by Gasteiger charge is 2.16. The van der Waals surface area contributed by atoms with Gasteiger partial charge in [0, 0.05) is 5.56 Å². The summed E-state index contributed by atoms with van der Waals surface area (Å²) in [6, 6.07) is 2.70. The van der Waals surface area contributed by atoms with Crippen LogP contribution in [0.4, 0.5) is 4.39 Å². The summed E-state index contributed by atoms with van der Waals surface area (Å²) in [5.74, 6) is -0.585. The summed E-state index contributed by atoms with van der Waals surface area (Å²) in [4.78, 5) is 0. The van der Waals surface area contributed by atoms with E-state index in [2.05, 4.69) is 0 Å². The predicted octanol–water partition coefficient (Wildman–Crippen LogP) is 0.912. The quantitative estimate of drug-likeness (QED) is 0.641. The third kappa shape index (κ3) is 2.17. The molecule has 0 spiro atoms. The molecule has 1 aromatic carbocycles. The fraction of sp³-hybridized carbons (Fsp3) is 0.333. The highest BCUT2D eigenvalue weighted by Crippen LogP contribution is 2.25. The number of aliphatic hydroxyl groups is 1. The van der Waals surface area contributed by atoms with Gasteiger partial charge in [0.2, 0.25) is 0 Å². The molecule has 13 heavy (non-hydrogen) atoms. The molecule has 4 N–H and O–H groups in total. The molecule has 0 aliphatic rings. The van der Waals surface area contributed by atoms with Crippen LogP contribution < -0.4 is 5.73 Å². The second-order valence-corrected chi connectivity index (χ2v) is 2.97. The molecular formula is C9H12FNO2. The molecule has 1 unspecified atom stereocenters. The van der Waals surface area contributed by atoms with Crippen molar-refractivity contribution in [2.75, 3.05) is 0 Å². The monoisotopic (exact) mass is 185 g/mol. The Morgan fingerprint density at radius 1 is 1.46 bits per heavy atom. The zero-order valence-corrected chi connectivity index (χ0v) is 7.24. The van der Waals surface area contributed by atoms with Gasteiger partial charge in [-0.1, -0.05) is 0 Å². The first-order chi connectivity index (χ1) is 6.02. The molecule has 72 valence electrons. The van der Waals surface area contributed by atoms with E-state index in [1.807, 2.05) is 0 Å². The lowest BCUT2D eigenvalue weighted by Gasteiger charge is -2.16. The van der Waals surface area contributed by atoms with Crippen molar-refractivity contribution < 1.29 is 14.6 Å². The molecule has 1 rings (SSSR count). The zero-order chi connectivity index (χ0) is 10.0. The smallest absolute Gasteiger partial charge is 0.123 e. The fourth-order valence-electron chi connectivity index (χ4n) is 1.05. The van der Waals surface area contributed by atoms with Gasteiger partial charge in [-0.15, -0.1) is 0 Å². The molecular weight excluding hydrogens is 173 g/mol. The van der Waals surface area contributed by atoms with Crippen molar-refractivity contribution in [3.05, 3.63) is 29.6 Å². The summed E-state index contributed by atoms with van der Waals surface area (Å²) in [7, 11) is 0. The van der Waals surface area contributed by atoms with Crippen molar-refractivity contribution in [2.24, 2.45) is 5.73 Å².